The van der Waals surface area contributed by atoms with E-state index in [1.165, 1.54) is 32.6 Å². The average molecular weight is 338 g/mol. The minimum Gasteiger partial charge on any atom is -0.326 e. The lowest BCUT2D eigenvalue weighted by Gasteiger charge is -2.24. The molecule has 5 nitrogen and oxygen atoms in total. The Bertz CT molecular complexity index is 565. The fraction of sp³-hybridized carbons (Fsp3) is 0.529. The molecule has 2 fully saturated rings. The molecule has 2 amide bonds. The van der Waals surface area contributed by atoms with Crippen LogP contribution in [0.1, 0.15) is 39.0 Å². The van der Waals surface area contributed by atoms with Crippen molar-refractivity contribution in [3.8, 4) is 0 Å². The quantitative estimate of drug-likeness (QED) is 0.794. The average Bonchev–Trinajstić information content (AvgIpc) is 2.91. The second-order valence-corrected chi connectivity index (χ2v) is 6.36. The second kappa shape index (κ2) is 7.79. The third-order valence-electron chi connectivity index (χ3n) is 4.63. The monoisotopic (exact) mass is 337 g/mol. The highest BCUT2D eigenvalue weighted by Crippen LogP contribution is 2.33. The summed E-state index contributed by atoms with van der Waals surface area (Å²) in [6, 6.07) is 7.65. The number of amides is 2. The van der Waals surface area contributed by atoms with Crippen molar-refractivity contribution in [1.29, 1.82) is 0 Å². The van der Waals surface area contributed by atoms with E-state index in [1.54, 1.807) is 12.1 Å². The molecule has 23 heavy (non-hydrogen) atoms. The number of fused-ring (bicyclic) bond motifs is 1. The molecule has 2 aliphatic rings. The number of benzene rings is 1. The largest absolute Gasteiger partial charge is 0.326 e. The van der Waals surface area contributed by atoms with E-state index in [-0.39, 0.29) is 30.3 Å². The lowest BCUT2D eigenvalue weighted by molar-refractivity contribution is -0.118. The van der Waals surface area contributed by atoms with Crippen molar-refractivity contribution in [3.63, 3.8) is 0 Å². The van der Waals surface area contributed by atoms with Gasteiger partial charge in [0.1, 0.15) is 0 Å². The van der Waals surface area contributed by atoms with Gasteiger partial charge in [0.2, 0.25) is 11.8 Å². The molecule has 1 aliphatic carbocycles. The molecule has 1 heterocycles. The van der Waals surface area contributed by atoms with E-state index in [2.05, 4.69) is 16.0 Å². The third-order valence-corrected chi connectivity index (χ3v) is 4.63. The molecule has 0 bridgehead atoms. The molecule has 0 radical (unpaired) electrons. The first-order valence-corrected chi connectivity index (χ1v) is 8.06. The molecule has 3 N–H and O–H groups in total. The lowest BCUT2D eigenvalue weighted by atomic mass is 9.85. The first-order valence-electron chi connectivity index (χ1n) is 8.06. The number of rotatable bonds is 3. The van der Waals surface area contributed by atoms with Crippen LogP contribution in [-0.4, -0.2) is 23.9 Å². The molecule has 3 rings (SSSR count). The molecule has 1 saturated heterocycles. The molecule has 0 spiro atoms. The predicted molar refractivity (Wildman–Crippen MR) is 93.9 cm³/mol. The zero-order valence-corrected chi connectivity index (χ0v) is 14.1. The molecule has 0 aromatic heterocycles. The van der Waals surface area contributed by atoms with Crippen LogP contribution in [-0.2, 0) is 9.59 Å². The first-order chi connectivity index (χ1) is 10.6. The summed E-state index contributed by atoms with van der Waals surface area (Å²) in [7, 11) is 0. The Hall–Kier alpha value is -1.59. The Labute approximate surface area is 143 Å². The number of nitrogens with one attached hydrogen (secondary N) is 3. The zero-order chi connectivity index (χ0) is 15.5. The zero-order valence-electron chi connectivity index (χ0n) is 13.3. The van der Waals surface area contributed by atoms with Crippen LogP contribution in [0.4, 0.5) is 11.4 Å². The van der Waals surface area contributed by atoms with Crippen LogP contribution in [0.25, 0.3) is 0 Å². The van der Waals surface area contributed by atoms with E-state index >= 15 is 0 Å². The van der Waals surface area contributed by atoms with Gasteiger partial charge >= 0.3 is 0 Å². The number of hydrogen-bond donors (Lipinski definition) is 3. The Morgan fingerprint density at radius 3 is 2.52 bits per heavy atom. The van der Waals surface area contributed by atoms with E-state index in [9.17, 15) is 9.59 Å². The minimum atomic E-state index is -0.120. The fourth-order valence-electron chi connectivity index (χ4n) is 3.63. The summed E-state index contributed by atoms with van der Waals surface area (Å²) in [6.07, 6.45) is 5.91. The maximum absolute atomic E-state index is 12.4. The highest BCUT2D eigenvalue weighted by molar-refractivity contribution is 5.96. The normalized spacial score (nSPS) is 25.9. The fourth-order valence-corrected chi connectivity index (χ4v) is 3.63. The maximum Gasteiger partial charge on any atom is 0.241 e. The molecule has 1 aromatic carbocycles. The molecule has 3 unspecified atom stereocenters. The first kappa shape index (κ1) is 17.8. The van der Waals surface area contributed by atoms with Gasteiger partial charge in [0.25, 0.3) is 0 Å². The topological polar surface area (TPSA) is 70.2 Å². The Morgan fingerprint density at radius 1 is 1.13 bits per heavy atom. The molecule has 1 aliphatic heterocycles. The molecule has 3 atom stereocenters. The van der Waals surface area contributed by atoms with Crippen molar-refractivity contribution in [2.24, 2.45) is 5.92 Å². The van der Waals surface area contributed by atoms with Gasteiger partial charge in [0.05, 0.1) is 6.04 Å². The number of carbonyl (C=O) groups is 2. The smallest absolute Gasteiger partial charge is 0.241 e. The SMILES string of the molecule is CC(=O)Nc1cccc(NC(=O)C2CC3CCCCC3N2)c1.Cl. The van der Waals surface area contributed by atoms with E-state index < -0.39 is 0 Å². The van der Waals surface area contributed by atoms with Gasteiger partial charge in [-0.2, -0.15) is 0 Å². The predicted octanol–water partition coefficient (Wildman–Crippen LogP) is 2.93. The van der Waals surface area contributed by atoms with Crippen molar-refractivity contribution in [2.45, 2.75) is 51.1 Å². The summed E-state index contributed by atoms with van der Waals surface area (Å²) in [6.45, 7) is 1.47. The Balaban J connectivity index is 0.00000192. The van der Waals surface area contributed by atoms with Crippen molar-refractivity contribution < 1.29 is 9.59 Å². The van der Waals surface area contributed by atoms with Crippen molar-refractivity contribution in [1.82, 2.24) is 5.32 Å². The van der Waals surface area contributed by atoms with Crippen LogP contribution >= 0.6 is 12.4 Å². The van der Waals surface area contributed by atoms with Crippen LogP contribution in [0, 0.1) is 5.92 Å². The molecular formula is C17H24ClN3O2. The van der Waals surface area contributed by atoms with Crippen molar-refractivity contribution in [2.75, 3.05) is 10.6 Å². The molecule has 6 heteroatoms. The number of carbonyl (C=O) groups excluding carboxylic acids is 2. The maximum atomic E-state index is 12.4. The van der Waals surface area contributed by atoms with Crippen LogP contribution in [0.15, 0.2) is 24.3 Å². The minimum absolute atomic E-state index is 0. The lowest BCUT2D eigenvalue weighted by Crippen LogP contribution is -2.39. The molecule has 126 valence electrons. The molecule has 1 saturated carbocycles. The van der Waals surface area contributed by atoms with Crippen LogP contribution in [0.2, 0.25) is 0 Å². The van der Waals surface area contributed by atoms with Gasteiger partial charge < -0.3 is 16.0 Å². The third kappa shape index (κ3) is 4.45. The number of hydrogen-bond acceptors (Lipinski definition) is 3. The van der Waals surface area contributed by atoms with Crippen LogP contribution in [0.5, 0.6) is 0 Å². The van der Waals surface area contributed by atoms with Crippen molar-refractivity contribution >= 4 is 35.6 Å². The van der Waals surface area contributed by atoms with Crippen LogP contribution < -0.4 is 16.0 Å². The highest BCUT2D eigenvalue weighted by Gasteiger charge is 2.38. The van der Waals surface area contributed by atoms with Gasteiger partial charge in [-0.3, -0.25) is 9.59 Å². The van der Waals surface area contributed by atoms with E-state index in [4.69, 9.17) is 0 Å². The Kier molecular flexibility index (Phi) is 6.02. The standard InChI is InChI=1S/C17H23N3O2.ClH/c1-11(21)18-13-6-4-7-14(10-13)19-17(22)16-9-12-5-2-3-8-15(12)20-16;/h4,6-7,10,12,15-16,20H,2-3,5,8-9H2,1H3,(H,18,21)(H,19,22);1H. The summed E-state index contributed by atoms with van der Waals surface area (Å²) in [5.41, 5.74) is 1.41. The van der Waals surface area contributed by atoms with Gasteiger partial charge in [-0.25, -0.2) is 0 Å². The summed E-state index contributed by atoms with van der Waals surface area (Å²) >= 11 is 0. The van der Waals surface area contributed by atoms with Gasteiger partial charge in [-0.15, -0.1) is 12.4 Å². The summed E-state index contributed by atoms with van der Waals surface area (Å²) in [4.78, 5) is 23.5. The van der Waals surface area contributed by atoms with Crippen molar-refractivity contribution in [3.05, 3.63) is 24.3 Å². The van der Waals surface area contributed by atoms with Crippen LogP contribution in [0.3, 0.4) is 0 Å². The second-order valence-electron chi connectivity index (χ2n) is 6.36. The van der Waals surface area contributed by atoms with Gasteiger partial charge in [0.15, 0.2) is 0 Å². The molecular weight excluding hydrogens is 314 g/mol. The van der Waals surface area contributed by atoms with E-state index in [0.717, 1.165) is 6.42 Å². The van der Waals surface area contributed by atoms with E-state index in [1.807, 2.05) is 12.1 Å². The highest BCUT2D eigenvalue weighted by atomic mass is 35.5. The van der Waals surface area contributed by atoms with Gasteiger partial charge in [-0.1, -0.05) is 18.9 Å². The van der Waals surface area contributed by atoms with E-state index in [0.29, 0.717) is 23.3 Å². The van der Waals surface area contributed by atoms with Gasteiger partial charge in [0, 0.05) is 24.3 Å². The van der Waals surface area contributed by atoms with Gasteiger partial charge in [-0.05, 0) is 43.4 Å². The Morgan fingerprint density at radius 2 is 1.83 bits per heavy atom. The molecule has 1 aromatic rings. The number of anilines is 2. The summed E-state index contributed by atoms with van der Waals surface area (Å²) in [5, 5.41) is 9.16. The summed E-state index contributed by atoms with van der Waals surface area (Å²) < 4.78 is 0. The number of halogens is 1. The summed E-state index contributed by atoms with van der Waals surface area (Å²) in [5.74, 6) is 0.551.